The van der Waals surface area contributed by atoms with E-state index in [1.54, 1.807) is 32.4 Å². The molecule has 1 saturated carbocycles. The van der Waals surface area contributed by atoms with E-state index in [4.69, 9.17) is 9.47 Å². The van der Waals surface area contributed by atoms with Gasteiger partial charge in [-0.25, -0.2) is 5.43 Å². The largest absolute Gasteiger partial charge is 0.497 e. The fourth-order valence-electron chi connectivity index (χ4n) is 2.81. The first-order valence-electron chi connectivity index (χ1n) is 8.45. The van der Waals surface area contributed by atoms with Crippen molar-refractivity contribution >= 4 is 18.0 Å². The van der Waals surface area contributed by atoms with E-state index in [0.29, 0.717) is 17.1 Å². The summed E-state index contributed by atoms with van der Waals surface area (Å²) in [5.41, 5.74) is 3.05. The molecule has 0 radical (unpaired) electrons. The fraction of sp³-hybridized carbons (Fsp3) is 0.500. The van der Waals surface area contributed by atoms with Gasteiger partial charge in [0.25, 0.3) is 0 Å². The van der Waals surface area contributed by atoms with E-state index < -0.39 is 5.91 Å². The minimum Gasteiger partial charge on any atom is -0.497 e. The van der Waals surface area contributed by atoms with E-state index in [9.17, 15) is 9.59 Å². The number of nitrogens with one attached hydrogen (secondary N) is 2. The van der Waals surface area contributed by atoms with Gasteiger partial charge in [0, 0.05) is 17.7 Å². The molecule has 2 amide bonds. The summed E-state index contributed by atoms with van der Waals surface area (Å²) in [7, 11) is 3.11. The van der Waals surface area contributed by atoms with E-state index in [0.717, 1.165) is 25.7 Å². The SMILES string of the molecule is COc1ccc(/C=N\NC(=O)CC(=O)NC2CCCCC2)c(OC)c1. The standard InChI is InChI=1S/C18H25N3O4/c1-24-15-9-8-13(16(10-15)25-2)12-19-21-18(23)11-17(22)20-14-6-4-3-5-7-14/h8-10,12,14H,3-7,11H2,1-2H3,(H,20,22)(H,21,23)/b19-12-. The maximum absolute atomic E-state index is 11.9. The molecule has 0 heterocycles. The molecule has 7 nitrogen and oxygen atoms in total. The van der Waals surface area contributed by atoms with E-state index in [-0.39, 0.29) is 18.4 Å². The van der Waals surface area contributed by atoms with Crippen LogP contribution in [0.3, 0.4) is 0 Å². The molecule has 25 heavy (non-hydrogen) atoms. The van der Waals surface area contributed by atoms with Gasteiger partial charge in [-0.05, 0) is 25.0 Å². The van der Waals surface area contributed by atoms with Crippen molar-refractivity contribution in [1.82, 2.24) is 10.7 Å². The van der Waals surface area contributed by atoms with Gasteiger partial charge in [0.1, 0.15) is 17.9 Å². The Balaban J connectivity index is 1.80. The first-order valence-corrected chi connectivity index (χ1v) is 8.45. The Bertz CT molecular complexity index is 625. The van der Waals surface area contributed by atoms with Gasteiger partial charge in [0.05, 0.1) is 20.4 Å². The Morgan fingerprint density at radius 3 is 2.60 bits per heavy atom. The highest BCUT2D eigenvalue weighted by Crippen LogP contribution is 2.23. The van der Waals surface area contributed by atoms with E-state index in [1.807, 2.05) is 0 Å². The van der Waals surface area contributed by atoms with Gasteiger partial charge in [-0.15, -0.1) is 0 Å². The van der Waals surface area contributed by atoms with Crippen molar-refractivity contribution in [2.75, 3.05) is 14.2 Å². The summed E-state index contributed by atoms with van der Waals surface area (Å²) in [6.07, 6.45) is 6.70. The van der Waals surface area contributed by atoms with Crippen molar-refractivity contribution in [3.63, 3.8) is 0 Å². The Morgan fingerprint density at radius 2 is 1.92 bits per heavy atom. The van der Waals surface area contributed by atoms with Crippen LogP contribution in [0, 0.1) is 0 Å². The molecule has 1 aliphatic carbocycles. The molecule has 0 aliphatic heterocycles. The molecule has 1 aliphatic rings. The van der Waals surface area contributed by atoms with Crippen LogP contribution in [0.25, 0.3) is 0 Å². The molecular formula is C18H25N3O4. The molecule has 2 rings (SSSR count). The summed E-state index contributed by atoms with van der Waals surface area (Å²) >= 11 is 0. The molecule has 1 aromatic carbocycles. The van der Waals surface area contributed by atoms with Gasteiger partial charge in [-0.3, -0.25) is 9.59 Å². The lowest BCUT2D eigenvalue weighted by Gasteiger charge is -2.22. The van der Waals surface area contributed by atoms with Gasteiger partial charge < -0.3 is 14.8 Å². The number of hydrogen-bond acceptors (Lipinski definition) is 5. The Labute approximate surface area is 147 Å². The number of amides is 2. The molecule has 2 N–H and O–H groups in total. The summed E-state index contributed by atoms with van der Waals surface area (Å²) in [5, 5.41) is 6.78. The molecule has 0 atom stereocenters. The summed E-state index contributed by atoms with van der Waals surface area (Å²) in [5.74, 6) is 0.531. The molecule has 1 fully saturated rings. The number of nitrogens with zero attached hydrogens (tertiary/aromatic N) is 1. The van der Waals surface area contributed by atoms with Crippen molar-refractivity contribution in [3.8, 4) is 11.5 Å². The van der Waals surface area contributed by atoms with Crippen LogP contribution in [0.5, 0.6) is 11.5 Å². The molecule has 0 unspecified atom stereocenters. The Kier molecular flexibility index (Phi) is 7.25. The second kappa shape index (κ2) is 9.66. The minimum atomic E-state index is -0.447. The lowest BCUT2D eigenvalue weighted by Crippen LogP contribution is -2.38. The zero-order valence-corrected chi connectivity index (χ0v) is 14.7. The quantitative estimate of drug-likeness (QED) is 0.448. The van der Waals surface area contributed by atoms with E-state index >= 15 is 0 Å². The molecule has 1 aromatic rings. The van der Waals surface area contributed by atoms with Crippen LogP contribution in [-0.4, -0.2) is 38.3 Å². The normalized spacial score (nSPS) is 15.0. The zero-order valence-electron chi connectivity index (χ0n) is 14.7. The number of hydrazone groups is 1. The average molecular weight is 347 g/mol. The van der Waals surface area contributed by atoms with Crippen LogP contribution in [0.4, 0.5) is 0 Å². The summed E-state index contributed by atoms with van der Waals surface area (Å²) < 4.78 is 10.4. The first-order chi connectivity index (χ1) is 12.1. The maximum Gasteiger partial charge on any atom is 0.249 e. The number of hydrogen-bond donors (Lipinski definition) is 2. The molecular weight excluding hydrogens is 322 g/mol. The first kappa shape index (κ1) is 18.8. The predicted octanol–water partition coefficient (Wildman–Crippen LogP) is 1.99. The fourth-order valence-corrected chi connectivity index (χ4v) is 2.81. The van der Waals surface area contributed by atoms with Gasteiger partial charge in [-0.1, -0.05) is 19.3 Å². The third kappa shape index (κ3) is 6.10. The van der Waals surface area contributed by atoms with Crippen LogP contribution in [-0.2, 0) is 9.59 Å². The van der Waals surface area contributed by atoms with Crippen molar-refractivity contribution in [3.05, 3.63) is 23.8 Å². The number of benzene rings is 1. The summed E-state index contributed by atoms with van der Waals surface area (Å²) in [4.78, 5) is 23.7. The lowest BCUT2D eigenvalue weighted by atomic mass is 9.95. The summed E-state index contributed by atoms with van der Waals surface area (Å²) in [6.45, 7) is 0. The third-order valence-electron chi connectivity index (χ3n) is 4.12. The average Bonchev–Trinajstić information content (AvgIpc) is 2.62. The highest BCUT2D eigenvalue weighted by Gasteiger charge is 2.17. The van der Waals surface area contributed by atoms with Crippen LogP contribution in [0.2, 0.25) is 0 Å². The molecule has 0 spiro atoms. The van der Waals surface area contributed by atoms with Gasteiger partial charge >= 0.3 is 0 Å². The second-order valence-electron chi connectivity index (χ2n) is 5.98. The second-order valence-corrected chi connectivity index (χ2v) is 5.98. The molecule has 0 bridgehead atoms. The number of rotatable bonds is 7. The van der Waals surface area contributed by atoms with Crippen LogP contribution in [0.1, 0.15) is 44.1 Å². The number of methoxy groups -OCH3 is 2. The highest BCUT2D eigenvalue weighted by molar-refractivity contribution is 5.97. The number of carbonyl (C=O) groups excluding carboxylic acids is 2. The zero-order chi connectivity index (χ0) is 18.1. The van der Waals surface area contributed by atoms with Crippen LogP contribution >= 0.6 is 0 Å². The maximum atomic E-state index is 11.9. The van der Waals surface area contributed by atoms with Crippen LogP contribution < -0.4 is 20.2 Å². The Hall–Kier alpha value is -2.57. The van der Waals surface area contributed by atoms with Crippen molar-refractivity contribution < 1.29 is 19.1 Å². The smallest absolute Gasteiger partial charge is 0.249 e. The van der Waals surface area contributed by atoms with E-state index in [1.165, 1.54) is 12.6 Å². The third-order valence-corrected chi connectivity index (χ3v) is 4.12. The molecule has 7 heteroatoms. The Morgan fingerprint density at radius 1 is 1.16 bits per heavy atom. The van der Waals surface area contributed by atoms with Crippen LogP contribution in [0.15, 0.2) is 23.3 Å². The van der Waals surface area contributed by atoms with Gasteiger partial charge in [-0.2, -0.15) is 5.10 Å². The lowest BCUT2D eigenvalue weighted by molar-refractivity contribution is -0.129. The van der Waals surface area contributed by atoms with E-state index in [2.05, 4.69) is 15.8 Å². The van der Waals surface area contributed by atoms with Gasteiger partial charge in [0.2, 0.25) is 11.8 Å². The van der Waals surface area contributed by atoms with Crippen molar-refractivity contribution in [1.29, 1.82) is 0 Å². The van der Waals surface area contributed by atoms with Crippen molar-refractivity contribution in [2.24, 2.45) is 5.10 Å². The molecule has 0 aromatic heterocycles. The van der Waals surface area contributed by atoms with Gasteiger partial charge in [0.15, 0.2) is 0 Å². The summed E-state index contributed by atoms with van der Waals surface area (Å²) in [6, 6.07) is 5.45. The molecule has 0 saturated heterocycles. The number of carbonyl (C=O) groups is 2. The molecule has 136 valence electrons. The topological polar surface area (TPSA) is 89.0 Å². The highest BCUT2D eigenvalue weighted by atomic mass is 16.5. The predicted molar refractivity (Wildman–Crippen MR) is 94.9 cm³/mol. The van der Waals surface area contributed by atoms with Crippen molar-refractivity contribution in [2.45, 2.75) is 44.6 Å². The number of ether oxygens (including phenoxy) is 2. The monoisotopic (exact) mass is 347 g/mol. The minimum absolute atomic E-state index is 0.195.